The van der Waals surface area contributed by atoms with E-state index in [1.54, 1.807) is 0 Å². The molecule has 1 amide bonds. The van der Waals surface area contributed by atoms with E-state index in [2.05, 4.69) is 17.1 Å². The highest BCUT2D eigenvalue weighted by Gasteiger charge is 2.20. The van der Waals surface area contributed by atoms with Gasteiger partial charge in [-0.05, 0) is 67.0 Å². The van der Waals surface area contributed by atoms with Gasteiger partial charge in [-0.15, -0.1) is 0 Å². The summed E-state index contributed by atoms with van der Waals surface area (Å²) < 4.78 is 30.9. The number of carbonyl (C=O) groups excluding carboxylic acids is 1. The molecule has 6 nitrogen and oxygen atoms in total. The van der Waals surface area contributed by atoms with Crippen molar-refractivity contribution in [1.82, 2.24) is 9.71 Å². The molecule has 7 heteroatoms. The summed E-state index contributed by atoms with van der Waals surface area (Å²) >= 11 is 0. The molecule has 0 aliphatic heterocycles. The third-order valence-electron chi connectivity index (χ3n) is 5.23. The predicted molar refractivity (Wildman–Crippen MR) is 113 cm³/mol. The second kappa shape index (κ2) is 7.91. The summed E-state index contributed by atoms with van der Waals surface area (Å²) in [6.07, 6.45) is 5.74. The molecule has 0 spiro atoms. The van der Waals surface area contributed by atoms with Crippen LogP contribution in [0.3, 0.4) is 0 Å². The molecular weight excluding hydrogens is 388 g/mol. The quantitative estimate of drug-likeness (QED) is 0.583. The Balaban J connectivity index is 1.47. The Labute approximate surface area is 170 Å². The fourth-order valence-electron chi connectivity index (χ4n) is 3.95. The number of sulfonamides is 1. The number of carbonyl (C=O) groups is 1. The van der Waals surface area contributed by atoms with Crippen LogP contribution in [0, 0.1) is 0 Å². The third kappa shape index (κ3) is 4.45. The largest absolute Gasteiger partial charge is 0.494 e. The maximum atomic E-state index is 12.5. The minimum Gasteiger partial charge on any atom is -0.494 e. The molecule has 4 rings (SSSR count). The normalized spacial score (nSPS) is 13.4. The Morgan fingerprint density at radius 2 is 1.93 bits per heavy atom. The SMILES string of the molecule is CS(=O)(=O)NC(=O)c1[nH]c2ccccc2c1CCCOc1ccc2c(c1)CCC2. The number of aryl methyl sites for hydroxylation is 3. The Kier molecular flexibility index (Phi) is 5.32. The number of para-hydroxylation sites is 1. The zero-order chi connectivity index (χ0) is 20.4. The van der Waals surface area contributed by atoms with Crippen molar-refractivity contribution in [3.63, 3.8) is 0 Å². The van der Waals surface area contributed by atoms with Crippen LogP contribution in [0.15, 0.2) is 42.5 Å². The van der Waals surface area contributed by atoms with Gasteiger partial charge in [0.2, 0.25) is 10.0 Å². The molecule has 1 heterocycles. The van der Waals surface area contributed by atoms with Crippen molar-refractivity contribution in [2.24, 2.45) is 0 Å². The van der Waals surface area contributed by atoms with Crippen LogP contribution in [-0.4, -0.2) is 32.2 Å². The number of benzene rings is 2. The van der Waals surface area contributed by atoms with Gasteiger partial charge in [0, 0.05) is 10.9 Å². The minimum atomic E-state index is -3.64. The van der Waals surface area contributed by atoms with Gasteiger partial charge >= 0.3 is 0 Å². The first-order chi connectivity index (χ1) is 13.9. The minimum absolute atomic E-state index is 0.286. The number of aromatic amines is 1. The Bertz CT molecular complexity index is 1160. The van der Waals surface area contributed by atoms with E-state index < -0.39 is 15.9 Å². The molecule has 0 saturated carbocycles. The molecule has 0 saturated heterocycles. The molecule has 1 aliphatic rings. The number of rotatable bonds is 7. The number of aromatic nitrogens is 1. The standard InChI is InChI=1S/C22H24N2O4S/c1-29(26,27)24-22(25)21-19(18-8-2-3-10-20(18)23-21)9-5-13-28-17-12-11-15-6-4-7-16(15)14-17/h2-3,8,10-12,14,23H,4-7,9,13H2,1H3,(H,24,25). The molecule has 1 aliphatic carbocycles. The molecular formula is C22H24N2O4S. The number of hydrogen-bond acceptors (Lipinski definition) is 4. The van der Waals surface area contributed by atoms with Gasteiger partial charge in [-0.3, -0.25) is 4.79 Å². The Hall–Kier alpha value is -2.80. The number of H-pyrrole nitrogens is 1. The molecule has 3 aromatic rings. The van der Waals surface area contributed by atoms with Crippen molar-refractivity contribution in [2.75, 3.05) is 12.9 Å². The number of hydrogen-bond donors (Lipinski definition) is 2. The van der Waals surface area contributed by atoms with Crippen LogP contribution in [0.4, 0.5) is 0 Å². The highest BCUT2D eigenvalue weighted by molar-refractivity contribution is 7.89. The lowest BCUT2D eigenvalue weighted by atomic mass is 10.1. The van der Waals surface area contributed by atoms with Crippen molar-refractivity contribution in [1.29, 1.82) is 0 Å². The van der Waals surface area contributed by atoms with E-state index in [9.17, 15) is 13.2 Å². The molecule has 152 valence electrons. The first kappa shape index (κ1) is 19.5. The summed E-state index contributed by atoms with van der Waals surface area (Å²) in [5, 5.41) is 0.920. The summed E-state index contributed by atoms with van der Waals surface area (Å²) in [7, 11) is -3.64. The van der Waals surface area contributed by atoms with Crippen LogP contribution in [0.2, 0.25) is 0 Å². The van der Waals surface area contributed by atoms with Crippen LogP contribution in [0.1, 0.15) is 40.0 Å². The molecule has 2 N–H and O–H groups in total. The van der Waals surface area contributed by atoms with Crippen LogP contribution >= 0.6 is 0 Å². The van der Waals surface area contributed by atoms with Gasteiger partial charge in [-0.1, -0.05) is 24.3 Å². The maximum absolute atomic E-state index is 12.5. The van der Waals surface area contributed by atoms with Crippen molar-refractivity contribution in [3.05, 3.63) is 64.8 Å². The van der Waals surface area contributed by atoms with Crippen LogP contribution in [0.5, 0.6) is 5.75 Å². The van der Waals surface area contributed by atoms with E-state index in [0.29, 0.717) is 19.4 Å². The first-order valence-electron chi connectivity index (χ1n) is 9.77. The maximum Gasteiger partial charge on any atom is 0.281 e. The van der Waals surface area contributed by atoms with E-state index >= 15 is 0 Å². The topological polar surface area (TPSA) is 88.3 Å². The van der Waals surface area contributed by atoms with Crippen molar-refractivity contribution in [2.45, 2.75) is 32.1 Å². The van der Waals surface area contributed by atoms with Crippen LogP contribution in [-0.2, 0) is 29.3 Å². The van der Waals surface area contributed by atoms with Gasteiger partial charge in [0.15, 0.2) is 0 Å². The molecule has 0 unspecified atom stereocenters. The number of nitrogens with one attached hydrogen (secondary N) is 2. The monoisotopic (exact) mass is 412 g/mol. The molecule has 1 aromatic heterocycles. The molecule has 2 aromatic carbocycles. The van der Waals surface area contributed by atoms with Gasteiger partial charge in [-0.2, -0.15) is 0 Å². The van der Waals surface area contributed by atoms with Gasteiger partial charge in [-0.25, -0.2) is 13.1 Å². The molecule has 0 radical (unpaired) electrons. The van der Waals surface area contributed by atoms with Crippen molar-refractivity contribution < 1.29 is 17.9 Å². The second-order valence-electron chi connectivity index (χ2n) is 7.46. The van der Waals surface area contributed by atoms with Crippen molar-refractivity contribution in [3.8, 4) is 5.75 Å². The van der Waals surface area contributed by atoms with Crippen molar-refractivity contribution >= 4 is 26.8 Å². The van der Waals surface area contributed by atoms with Gasteiger partial charge in [0.1, 0.15) is 11.4 Å². The Morgan fingerprint density at radius 1 is 1.14 bits per heavy atom. The average molecular weight is 413 g/mol. The summed E-state index contributed by atoms with van der Waals surface area (Å²) in [4.78, 5) is 15.5. The summed E-state index contributed by atoms with van der Waals surface area (Å²) in [6, 6.07) is 13.9. The molecule has 29 heavy (non-hydrogen) atoms. The van der Waals surface area contributed by atoms with Gasteiger partial charge in [0.05, 0.1) is 12.9 Å². The fourth-order valence-corrected chi connectivity index (χ4v) is 4.39. The summed E-state index contributed by atoms with van der Waals surface area (Å²) in [6.45, 7) is 0.519. The first-order valence-corrected chi connectivity index (χ1v) is 11.7. The predicted octanol–water partition coefficient (Wildman–Crippen LogP) is 3.36. The summed E-state index contributed by atoms with van der Waals surface area (Å²) in [5.41, 5.74) is 4.69. The zero-order valence-corrected chi connectivity index (χ0v) is 17.1. The lowest BCUT2D eigenvalue weighted by Gasteiger charge is -2.09. The smallest absolute Gasteiger partial charge is 0.281 e. The highest BCUT2D eigenvalue weighted by atomic mass is 32.2. The van der Waals surface area contributed by atoms with Gasteiger partial charge < -0.3 is 9.72 Å². The summed E-state index contributed by atoms with van der Waals surface area (Å²) in [5.74, 6) is 0.234. The van der Waals surface area contributed by atoms with E-state index in [-0.39, 0.29) is 5.69 Å². The zero-order valence-electron chi connectivity index (χ0n) is 16.3. The van der Waals surface area contributed by atoms with E-state index in [1.165, 1.54) is 17.5 Å². The number of ether oxygens (including phenoxy) is 1. The fraction of sp³-hybridized carbons (Fsp3) is 0.318. The Morgan fingerprint density at radius 3 is 2.76 bits per heavy atom. The lowest BCUT2D eigenvalue weighted by Crippen LogP contribution is -2.30. The van der Waals surface area contributed by atoms with E-state index in [4.69, 9.17) is 4.74 Å². The molecule has 0 fully saturated rings. The van der Waals surface area contributed by atoms with Gasteiger partial charge in [0.25, 0.3) is 5.91 Å². The van der Waals surface area contributed by atoms with E-state index in [0.717, 1.165) is 41.3 Å². The highest BCUT2D eigenvalue weighted by Crippen LogP contribution is 2.27. The molecule has 0 bridgehead atoms. The second-order valence-corrected chi connectivity index (χ2v) is 9.21. The third-order valence-corrected chi connectivity index (χ3v) is 5.78. The number of fused-ring (bicyclic) bond motifs is 2. The average Bonchev–Trinajstić information content (AvgIpc) is 3.28. The number of amides is 1. The van der Waals surface area contributed by atoms with E-state index in [1.807, 2.05) is 35.1 Å². The lowest BCUT2D eigenvalue weighted by molar-refractivity contribution is 0.0976. The van der Waals surface area contributed by atoms with Crippen LogP contribution < -0.4 is 9.46 Å². The van der Waals surface area contributed by atoms with Crippen LogP contribution in [0.25, 0.3) is 10.9 Å². The molecule has 0 atom stereocenters.